The maximum absolute atomic E-state index is 13.4. The van der Waals surface area contributed by atoms with E-state index in [4.69, 9.17) is 11.6 Å². The molecule has 1 aromatic carbocycles. The summed E-state index contributed by atoms with van der Waals surface area (Å²) in [6.45, 7) is 4.92. The number of hydrogen-bond donors (Lipinski definition) is 1. The van der Waals surface area contributed by atoms with E-state index in [1.165, 1.54) is 18.2 Å². The van der Waals surface area contributed by atoms with Gasteiger partial charge in [-0.2, -0.15) is 0 Å². The first-order chi connectivity index (χ1) is 8.60. The maximum atomic E-state index is 13.4. The minimum Gasteiger partial charge on any atom is -0.311 e. The molecule has 0 saturated heterocycles. The number of alkyl halides is 1. The largest absolute Gasteiger partial charge is 0.311 e. The standard InChI is InChI=1S/C14H20ClF2N/c1-3-10(4-2)12(15)9-18-8-11-13(16)6-5-7-14(11)17/h5-7,10,12,18H,3-4,8-9H2,1-2H3. The highest BCUT2D eigenvalue weighted by molar-refractivity contribution is 6.21. The molecule has 0 fully saturated rings. The Morgan fingerprint density at radius 2 is 1.72 bits per heavy atom. The van der Waals surface area contributed by atoms with E-state index in [1.54, 1.807) is 0 Å². The van der Waals surface area contributed by atoms with E-state index >= 15 is 0 Å². The first-order valence-corrected chi connectivity index (χ1v) is 6.81. The van der Waals surface area contributed by atoms with Crippen LogP contribution in [0.5, 0.6) is 0 Å². The first kappa shape index (κ1) is 15.4. The van der Waals surface area contributed by atoms with Gasteiger partial charge in [0.2, 0.25) is 0 Å². The molecule has 4 heteroatoms. The molecule has 1 N–H and O–H groups in total. The van der Waals surface area contributed by atoms with Crippen molar-refractivity contribution in [3.63, 3.8) is 0 Å². The molecule has 102 valence electrons. The van der Waals surface area contributed by atoms with E-state index in [0.717, 1.165) is 12.8 Å². The van der Waals surface area contributed by atoms with E-state index < -0.39 is 11.6 Å². The topological polar surface area (TPSA) is 12.0 Å². The highest BCUT2D eigenvalue weighted by atomic mass is 35.5. The zero-order chi connectivity index (χ0) is 13.5. The van der Waals surface area contributed by atoms with E-state index in [2.05, 4.69) is 19.2 Å². The molecule has 0 saturated carbocycles. The van der Waals surface area contributed by atoms with Crippen LogP contribution in [0.3, 0.4) is 0 Å². The molecule has 1 atom stereocenters. The molecular formula is C14H20ClF2N. The molecule has 1 nitrogen and oxygen atoms in total. The molecule has 0 aliphatic rings. The lowest BCUT2D eigenvalue weighted by atomic mass is 9.99. The second-order valence-electron chi connectivity index (χ2n) is 4.42. The average Bonchev–Trinajstić information content (AvgIpc) is 2.34. The first-order valence-electron chi connectivity index (χ1n) is 6.37. The summed E-state index contributed by atoms with van der Waals surface area (Å²) in [5.41, 5.74) is 0.0749. The van der Waals surface area contributed by atoms with Crippen LogP contribution in [0.15, 0.2) is 18.2 Å². The van der Waals surface area contributed by atoms with Crippen molar-refractivity contribution in [2.45, 2.75) is 38.6 Å². The number of rotatable bonds is 7. The van der Waals surface area contributed by atoms with Crippen LogP contribution in [0.25, 0.3) is 0 Å². The highest BCUT2D eigenvalue weighted by Crippen LogP contribution is 2.18. The molecule has 0 aliphatic carbocycles. The van der Waals surface area contributed by atoms with Crippen molar-refractivity contribution >= 4 is 11.6 Å². The Hall–Kier alpha value is -0.670. The lowest BCUT2D eigenvalue weighted by molar-refractivity contribution is 0.441. The van der Waals surface area contributed by atoms with E-state index in [1.807, 2.05) is 0 Å². The van der Waals surface area contributed by atoms with Gasteiger partial charge in [0.25, 0.3) is 0 Å². The lowest BCUT2D eigenvalue weighted by Crippen LogP contribution is -2.28. The van der Waals surface area contributed by atoms with Crippen LogP contribution < -0.4 is 5.32 Å². The van der Waals surface area contributed by atoms with E-state index in [0.29, 0.717) is 12.5 Å². The number of nitrogens with one attached hydrogen (secondary N) is 1. The second-order valence-corrected chi connectivity index (χ2v) is 4.98. The van der Waals surface area contributed by atoms with Gasteiger partial charge in [0.05, 0.1) is 0 Å². The van der Waals surface area contributed by atoms with Gasteiger partial charge in [0.15, 0.2) is 0 Å². The minimum atomic E-state index is -0.517. The summed E-state index contributed by atoms with van der Waals surface area (Å²) < 4.78 is 26.7. The molecule has 0 aromatic heterocycles. The Kier molecular flexibility index (Phi) is 6.58. The molecule has 1 rings (SSSR count). The van der Waals surface area contributed by atoms with Gasteiger partial charge >= 0.3 is 0 Å². The Morgan fingerprint density at radius 3 is 2.22 bits per heavy atom. The Labute approximate surface area is 113 Å². The van der Waals surface area contributed by atoms with Crippen molar-refractivity contribution in [3.05, 3.63) is 35.4 Å². The molecule has 0 bridgehead atoms. The van der Waals surface area contributed by atoms with Gasteiger partial charge in [-0.25, -0.2) is 8.78 Å². The lowest BCUT2D eigenvalue weighted by Gasteiger charge is -2.19. The van der Waals surface area contributed by atoms with Crippen molar-refractivity contribution in [1.29, 1.82) is 0 Å². The minimum absolute atomic E-state index is 0.00478. The zero-order valence-electron chi connectivity index (χ0n) is 10.8. The molecular weight excluding hydrogens is 256 g/mol. The fourth-order valence-electron chi connectivity index (χ4n) is 2.00. The third-order valence-corrected chi connectivity index (χ3v) is 3.77. The highest BCUT2D eigenvalue weighted by Gasteiger charge is 2.15. The van der Waals surface area contributed by atoms with Crippen molar-refractivity contribution in [2.75, 3.05) is 6.54 Å². The maximum Gasteiger partial charge on any atom is 0.130 e. The van der Waals surface area contributed by atoms with Gasteiger partial charge in [-0.05, 0) is 18.1 Å². The summed E-state index contributed by atoms with van der Waals surface area (Å²) in [7, 11) is 0. The molecule has 18 heavy (non-hydrogen) atoms. The average molecular weight is 276 g/mol. The van der Waals surface area contributed by atoms with Crippen LogP contribution in [0.2, 0.25) is 0 Å². The van der Waals surface area contributed by atoms with Crippen LogP contribution in [-0.2, 0) is 6.54 Å². The smallest absolute Gasteiger partial charge is 0.130 e. The fraction of sp³-hybridized carbons (Fsp3) is 0.571. The van der Waals surface area contributed by atoms with Crippen LogP contribution in [0, 0.1) is 17.6 Å². The van der Waals surface area contributed by atoms with Crippen molar-refractivity contribution in [2.24, 2.45) is 5.92 Å². The van der Waals surface area contributed by atoms with Crippen LogP contribution in [-0.4, -0.2) is 11.9 Å². The predicted octanol–water partition coefficient (Wildman–Crippen LogP) is 4.10. The Balaban J connectivity index is 2.46. The number of benzene rings is 1. The fourth-order valence-corrected chi connectivity index (χ4v) is 2.47. The van der Waals surface area contributed by atoms with Gasteiger partial charge < -0.3 is 5.32 Å². The summed E-state index contributed by atoms with van der Waals surface area (Å²) in [4.78, 5) is 0. The summed E-state index contributed by atoms with van der Waals surface area (Å²) in [6, 6.07) is 3.89. The van der Waals surface area contributed by atoms with Crippen LogP contribution in [0.4, 0.5) is 8.78 Å². The summed E-state index contributed by atoms with van der Waals surface area (Å²) in [6.07, 6.45) is 2.03. The van der Waals surface area contributed by atoms with Crippen molar-refractivity contribution < 1.29 is 8.78 Å². The SMILES string of the molecule is CCC(CC)C(Cl)CNCc1c(F)cccc1F. The van der Waals surface area contributed by atoms with Crippen molar-refractivity contribution in [3.8, 4) is 0 Å². The molecule has 1 aromatic rings. The van der Waals surface area contributed by atoms with Gasteiger partial charge in [-0.15, -0.1) is 11.6 Å². The third kappa shape index (κ3) is 4.21. The second kappa shape index (κ2) is 7.70. The van der Waals surface area contributed by atoms with Gasteiger partial charge in [0, 0.05) is 24.0 Å². The summed E-state index contributed by atoms with van der Waals surface area (Å²) in [5, 5.41) is 3.02. The Bertz CT molecular complexity index is 347. The monoisotopic (exact) mass is 275 g/mol. The Morgan fingerprint density at radius 1 is 1.17 bits per heavy atom. The predicted molar refractivity (Wildman–Crippen MR) is 71.8 cm³/mol. The molecule has 1 unspecified atom stereocenters. The third-order valence-electron chi connectivity index (χ3n) is 3.26. The normalized spacial score (nSPS) is 13.0. The van der Waals surface area contributed by atoms with E-state index in [-0.39, 0.29) is 17.5 Å². The zero-order valence-corrected chi connectivity index (χ0v) is 11.6. The molecule has 0 aliphatic heterocycles. The molecule has 0 spiro atoms. The number of hydrogen-bond acceptors (Lipinski definition) is 1. The van der Waals surface area contributed by atoms with Crippen LogP contribution in [0.1, 0.15) is 32.3 Å². The summed E-state index contributed by atoms with van der Waals surface area (Å²) >= 11 is 6.24. The number of halogens is 3. The van der Waals surface area contributed by atoms with Crippen molar-refractivity contribution in [1.82, 2.24) is 5.32 Å². The molecule has 0 amide bonds. The quantitative estimate of drug-likeness (QED) is 0.739. The molecule has 0 heterocycles. The summed E-state index contributed by atoms with van der Waals surface area (Å²) in [5.74, 6) is -0.600. The van der Waals surface area contributed by atoms with Gasteiger partial charge in [-0.3, -0.25) is 0 Å². The van der Waals surface area contributed by atoms with E-state index in [9.17, 15) is 8.78 Å². The van der Waals surface area contributed by atoms with Gasteiger partial charge in [-0.1, -0.05) is 32.8 Å². The van der Waals surface area contributed by atoms with Crippen LogP contribution >= 0.6 is 11.6 Å². The molecule has 0 radical (unpaired) electrons. The van der Waals surface area contributed by atoms with Gasteiger partial charge in [0.1, 0.15) is 11.6 Å².